The van der Waals surface area contributed by atoms with Gasteiger partial charge in [-0.15, -0.1) is 0 Å². The minimum atomic E-state index is -0.818. The monoisotopic (exact) mass is 486 g/mol. The maximum atomic E-state index is 11.0. The van der Waals surface area contributed by atoms with E-state index in [-0.39, 0.29) is 35.3 Å². The molecule has 0 radical (unpaired) electrons. The summed E-state index contributed by atoms with van der Waals surface area (Å²) in [5.41, 5.74) is 4.84. The average Bonchev–Trinajstić information content (AvgIpc) is 2.83. The zero-order chi connectivity index (χ0) is 24.3. The fraction of sp³-hybridized carbons (Fsp3) is 0.345. The molecular formula is C29H30N2O3S. The van der Waals surface area contributed by atoms with Crippen molar-refractivity contribution in [1.29, 1.82) is 0 Å². The highest BCUT2D eigenvalue weighted by atomic mass is 32.1. The van der Waals surface area contributed by atoms with Gasteiger partial charge in [-0.1, -0.05) is 72.1 Å². The number of thiocarbonyl (C=S) groups is 1. The van der Waals surface area contributed by atoms with Gasteiger partial charge >= 0.3 is 0 Å². The third-order valence-electron chi connectivity index (χ3n) is 8.08. The third-order valence-corrected chi connectivity index (χ3v) is 8.30. The molecule has 0 aromatic heterocycles. The smallest absolute Gasteiger partial charge is 0.200 e. The number of phenolic OH excluding ortho intramolecular Hbond substituents is 2. The molecule has 2 fully saturated rings. The van der Waals surface area contributed by atoms with Gasteiger partial charge in [-0.2, -0.15) is 0 Å². The highest BCUT2D eigenvalue weighted by molar-refractivity contribution is 7.80. The van der Waals surface area contributed by atoms with Crippen molar-refractivity contribution >= 4 is 17.3 Å². The largest absolute Gasteiger partial charge is 0.504 e. The van der Waals surface area contributed by atoms with Gasteiger partial charge in [-0.25, -0.2) is 0 Å². The van der Waals surface area contributed by atoms with Crippen LogP contribution in [0.3, 0.4) is 0 Å². The van der Waals surface area contributed by atoms with E-state index >= 15 is 0 Å². The molecule has 3 aliphatic rings. The van der Waals surface area contributed by atoms with Crippen molar-refractivity contribution < 1.29 is 14.9 Å². The second kappa shape index (κ2) is 8.16. The summed E-state index contributed by atoms with van der Waals surface area (Å²) in [7, 11) is 0. The van der Waals surface area contributed by atoms with E-state index in [4.69, 9.17) is 17.0 Å². The summed E-state index contributed by atoms with van der Waals surface area (Å²) in [6.45, 7) is 4.20. The second-order valence-corrected chi connectivity index (χ2v) is 10.7. The molecule has 1 spiro atoms. The number of aromatic hydroxyl groups is 2. The predicted octanol–water partition coefficient (Wildman–Crippen LogP) is 5.57. The lowest BCUT2D eigenvalue weighted by Crippen LogP contribution is -2.73. The number of rotatable bonds is 2. The van der Waals surface area contributed by atoms with Crippen LogP contribution in [0.2, 0.25) is 0 Å². The predicted molar refractivity (Wildman–Crippen MR) is 140 cm³/mol. The Morgan fingerprint density at radius 3 is 2.34 bits per heavy atom. The number of nitrogens with one attached hydrogen (secondary N) is 2. The molecule has 1 aliphatic carbocycles. The third kappa shape index (κ3) is 3.46. The maximum Gasteiger partial charge on any atom is 0.200 e. The van der Waals surface area contributed by atoms with Crippen molar-refractivity contribution in [2.24, 2.45) is 11.8 Å². The Labute approximate surface area is 211 Å². The number of phenols is 2. The van der Waals surface area contributed by atoms with Gasteiger partial charge < -0.3 is 25.6 Å². The fourth-order valence-corrected chi connectivity index (χ4v) is 6.96. The van der Waals surface area contributed by atoms with Crippen LogP contribution in [0.15, 0.2) is 60.7 Å². The Morgan fingerprint density at radius 2 is 1.60 bits per heavy atom. The maximum absolute atomic E-state index is 11.0. The highest BCUT2D eigenvalue weighted by Crippen LogP contribution is 2.60. The first-order chi connectivity index (χ1) is 16.9. The SMILES string of the molecule is Cc1cccc([C@@H]2c3ccc(O)c(O)c3O[C@]34NC(=S)N[C@@H](c5cccc(C)c5)[C@H]3CCC[C@H]24)c1. The lowest BCUT2D eigenvalue weighted by Gasteiger charge is -2.59. The van der Waals surface area contributed by atoms with Crippen LogP contribution in [0.25, 0.3) is 0 Å². The van der Waals surface area contributed by atoms with Gasteiger partial charge in [-0.05, 0) is 56.1 Å². The summed E-state index contributed by atoms with van der Waals surface area (Å²) in [4.78, 5) is 0. The van der Waals surface area contributed by atoms with Crippen LogP contribution < -0.4 is 15.4 Å². The summed E-state index contributed by atoms with van der Waals surface area (Å²) in [5, 5.41) is 29.0. The van der Waals surface area contributed by atoms with Gasteiger partial charge in [0.2, 0.25) is 5.75 Å². The average molecular weight is 487 g/mol. The Bertz CT molecular complexity index is 1330. The topological polar surface area (TPSA) is 73.8 Å². The summed E-state index contributed by atoms with van der Waals surface area (Å²) in [6.07, 6.45) is 2.99. The van der Waals surface area contributed by atoms with Gasteiger partial charge in [-0.3, -0.25) is 0 Å². The van der Waals surface area contributed by atoms with Crippen molar-refractivity contribution in [2.45, 2.75) is 50.8 Å². The molecule has 2 heterocycles. The Hall–Kier alpha value is -3.25. The van der Waals surface area contributed by atoms with E-state index in [1.807, 2.05) is 6.07 Å². The first-order valence-electron chi connectivity index (χ1n) is 12.3. The number of benzene rings is 3. The van der Waals surface area contributed by atoms with Crippen LogP contribution in [-0.2, 0) is 0 Å². The summed E-state index contributed by atoms with van der Waals surface area (Å²) in [5.74, 6) is 0.0968. The van der Waals surface area contributed by atoms with Crippen molar-refractivity contribution in [3.05, 3.63) is 88.5 Å². The van der Waals surface area contributed by atoms with E-state index < -0.39 is 5.72 Å². The zero-order valence-corrected chi connectivity index (χ0v) is 20.7. The van der Waals surface area contributed by atoms with Crippen LogP contribution in [-0.4, -0.2) is 21.1 Å². The number of fused-ring (bicyclic) bond motifs is 1. The molecule has 1 saturated heterocycles. The lowest BCUT2D eigenvalue weighted by atomic mass is 9.60. The molecule has 5 atom stereocenters. The first-order valence-corrected chi connectivity index (χ1v) is 12.7. The summed E-state index contributed by atoms with van der Waals surface area (Å²) in [6, 6.07) is 20.5. The standard InChI is InChI=1S/C29H30N2O3S/c1-16-6-3-8-18(14-16)24-20-12-13-23(32)26(33)27(20)34-29-21(24)10-5-11-22(29)25(30-28(35)31-29)19-9-4-7-17(2)15-19/h3-4,6-9,12-15,21-22,24-25,32-33H,5,10-11H2,1-2H3,(H2,30,31,35)/t21-,22-,24-,25+,29+/m1/s1. The van der Waals surface area contributed by atoms with E-state index in [1.54, 1.807) is 6.07 Å². The van der Waals surface area contributed by atoms with E-state index in [0.29, 0.717) is 10.9 Å². The molecule has 1 saturated carbocycles. The first kappa shape index (κ1) is 22.2. The van der Waals surface area contributed by atoms with E-state index in [1.165, 1.54) is 22.3 Å². The minimum absolute atomic E-state index is 0.0143. The van der Waals surface area contributed by atoms with Gasteiger partial charge in [0.25, 0.3) is 0 Å². The van der Waals surface area contributed by atoms with Crippen LogP contribution in [0.1, 0.15) is 59.0 Å². The van der Waals surface area contributed by atoms with Crippen LogP contribution in [0.4, 0.5) is 0 Å². The Kier molecular flexibility index (Phi) is 5.18. The van der Waals surface area contributed by atoms with Crippen molar-refractivity contribution in [1.82, 2.24) is 10.6 Å². The molecule has 3 aromatic carbocycles. The van der Waals surface area contributed by atoms with E-state index in [2.05, 4.69) is 73.0 Å². The second-order valence-electron chi connectivity index (χ2n) is 10.3. The number of hydrogen-bond donors (Lipinski definition) is 4. The molecule has 3 aromatic rings. The summed E-state index contributed by atoms with van der Waals surface area (Å²) >= 11 is 5.77. The molecule has 180 valence electrons. The number of aryl methyl sites for hydroxylation is 2. The quantitative estimate of drug-likeness (QED) is 0.280. The molecule has 0 bridgehead atoms. The van der Waals surface area contributed by atoms with Crippen LogP contribution >= 0.6 is 12.2 Å². The van der Waals surface area contributed by atoms with Gasteiger partial charge in [0, 0.05) is 23.3 Å². The van der Waals surface area contributed by atoms with Crippen molar-refractivity contribution in [3.8, 4) is 17.2 Å². The van der Waals surface area contributed by atoms with Crippen LogP contribution in [0.5, 0.6) is 17.2 Å². The normalized spacial score (nSPS) is 29.0. The van der Waals surface area contributed by atoms with Gasteiger partial charge in [0.15, 0.2) is 22.3 Å². The molecule has 5 nitrogen and oxygen atoms in total. The van der Waals surface area contributed by atoms with Crippen LogP contribution in [0, 0.1) is 25.7 Å². The molecule has 0 amide bonds. The zero-order valence-electron chi connectivity index (χ0n) is 19.9. The minimum Gasteiger partial charge on any atom is -0.504 e. The van der Waals surface area contributed by atoms with Crippen molar-refractivity contribution in [2.75, 3.05) is 0 Å². The van der Waals surface area contributed by atoms with Gasteiger partial charge in [0.1, 0.15) is 0 Å². The number of hydrogen-bond acceptors (Lipinski definition) is 4. The Balaban J connectivity index is 1.57. The summed E-state index contributed by atoms with van der Waals surface area (Å²) < 4.78 is 6.82. The Morgan fingerprint density at radius 1 is 0.914 bits per heavy atom. The van der Waals surface area contributed by atoms with E-state index in [0.717, 1.165) is 24.8 Å². The van der Waals surface area contributed by atoms with E-state index in [9.17, 15) is 10.2 Å². The molecule has 35 heavy (non-hydrogen) atoms. The molecule has 0 unspecified atom stereocenters. The van der Waals surface area contributed by atoms with Gasteiger partial charge in [0.05, 0.1) is 6.04 Å². The lowest BCUT2D eigenvalue weighted by molar-refractivity contribution is -0.122. The molecule has 4 N–H and O–H groups in total. The molecular weight excluding hydrogens is 456 g/mol. The molecule has 2 aliphatic heterocycles. The molecule has 6 rings (SSSR count). The number of ether oxygens (including phenoxy) is 1. The molecule has 6 heteroatoms. The highest BCUT2D eigenvalue weighted by Gasteiger charge is 2.61. The fourth-order valence-electron chi connectivity index (χ4n) is 6.68. The van der Waals surface area contributed by atoms with Crippen molar-refractivity contribution in [3.63, 3.8) is 0 Å².